The Hall–Kier alpha value is -2.76. The van der Waals surface area contributed by atoms with E-state index in [1.807, 2.05) is 11.5 Å². The highest BCUT2D eigenvalue weighted by Crippen LogP contribution is 2.29. The van der Waals surface area contributed by atoms with E-state index in [0.29, 0.717) is 17.4 Å². The van der Waals surface area contributed by atoms with E-state index in [1.54, 1.807) is 17.4 Å². The van der Waals surface area contributed by atoms with Gasteiger partial charge in [0.25, 0.3) is 5.69 Å². The first-order chi connectivity index (χ1) is 15.0. The minimum Gasteiger partial charge on any atom is -0.376 e. The third-order valence-electron chi connectivity index (χ3n) is 4.79. The molecule has 3 aromatic rings. The van der Waals surface area contributed by atoms with Crippen molar-refractivity contribution in [3.8, 4) is 11.4 Å². The highest BCUT2D eigenvalue weighted by atomic mass is 32.2. The van der Waals surface area contributed by atoms with Crippen molar-refractivity contribution < 1.29 is 14.5 Å². The van der Waals surface area contributed by atoms with E-state index in [1.165, 1.54) is 34.8 Å². The largest absolute Gasteiger partial charge is 0.376 e. The topological polar surface area (TPSA) is 112 Å². The third kappa shape index (κ3) is 5.30. The van der Waals surface area contributed by atoms with Crippen LogP contribution in [-0.4, -0.2) is 44.1 Å². The lowest BCUT2D eigenvalue weighted by Crippen LogP contribution is -2.18. The van der Waals surface area contributed by atoms with Crippen LogP contribution in [0.1, 0.15) is 17.7 Å². The van der Waals surface area contributed by atoms with Crippen molar-refractivity contribution in [2.24, 2.45) is 0 Å². The van der Waals surface area contributed by atoms with Crippen molar-refractivity contribution in [1.29, 1.82) is 0 Å². The molecule has 0 saturated carbocycles. The van der Waals surface area contributed by atoms with Crippen LogP contribution < -0.4 is 5.32 Å². The lowest BCUT2D eigenvalue weighted by molar-refractivity contribution is -0.384. The summed E-state index contributed by atoms with van der Waals surface area (Å²) in [5.41, 5.74) is 1.31. The highest BCUT2D eigenvalue weighted by Gasteiger charge is 2.22. The minimum absolute atomic E-state index is 0.0718. The lowest BCUT2D eigenvalue weighted by atomic mass is 10.2. The Kier molecular flexibility index (Phi) is 6.64. The molecular formula is C20H21N5O4S2. The number of anilines is 1. The van der Waals surface area contributed by atoms with Gasteiger partial charge in [0.15, 0.2) is 11.0 Å². The molecule has 0 radical (unpaired) electrons. The Morgan fingerprint density at radius 2 is 2.29 bits per heavy atom. The average Bonchev–Trinajstić information content (AvgIpc) is 3.49. The number of hydrogen-bond donors (Lipinski definition) is 1. The number of nitro benzene ring substituents is 1. The molecule has 4 rings (SSSR count). The summed E-state index contributed by atoms with van der Waals surface area (Å²) in [6, 6.07) is 7.94. The van der Waals surface area contributed by atoms with Gasteiger partial charge in [0.05, 0.1) is 23.3 Å². The number of nitrogens with one attached hydrogen (secondary N) is 1. The first kappa shape index (κ1) is 21.5. The van der Waals surface area contributed by atoms with Gasteiger partial charge in [0, 0.05) is 40.2 Å². The number of aromatic nitrogens is 3. The summed E-state index contributed by atoms with van der Waals surface area (Å²) in [6.07, 6.45) is 2.12. The predicted molar refractivity (Wildman–Crippen MR) is 119 cm³/mol. The Bertz CT molecular complexity index is 1090. The smallest absolute Gasteiger partial charge is 0.271 e. The molecule has 31 heavy (non-hydrogen) atoms. The molecule has 11 heteroatoms. The molecule has 9 nitrogen and oxygen atoms in total. The molecule has 0 bridgehead atoms. The van der Waals surface area contributed by atoms with E-state index in [9.17, 15) is 14.9 Å². The number of thioether (sulfide) groups is 1. The van der Waals surface area contributed by atoms with Crippen LogP contribution in [-0.2, 0) is 16.1 Å². The summed E-state index contributed by atoms with van der Waals surface area (Å²) in [5, 5.41) is 25.0. The van der Waals surface area contributed by atoms with E-state index in [-0.39, 0.29) is 23.5 Å². The van der Waals surface area contributed by atoms with Gasteiger partial charge in [-0.25, -0.2) is 0 Å². The number of ether oxygens (including phenoxy) is 1. The van der Waals surface area contributed by atoms with Crippen LogP contribution in [0.3, 0.4) is 0 Å². The summed E-state index contributed by atoms with van der Waals surface area (Å²) in [5.74, 6) is 0.598. The molecule has 0 aliphatic carbocycles. The van der Waals surface area contributed by atoms with Gasteiger partial charge in [-0.3, -0.25) is 19.5 Å². The van der Waals surface area contributed by atoms with Crippen molar-refractivity contribution in [1.82, 2.24) is 14.8 Å². The molecule has 1 unspecified atom stereocenters. The minimum atomic E-state index is -0.494. The fourth-order valence-electron chi connectivity index (χ4n) is 3.35. The number of amides is 1. The zero-order chi connectivity index (χ0) is 21.8. The zero-order valence-electron chi connectivity index (χ0n) is 16.8. The number of non-ortho nitro benzene ring substituents is 1. The van der Waals surface area contributed by atoms with Gasteiger partial charge >= 0.3 is 0 Å². The van der Waals surface area contributed by atoms with Crippen molar-refractivity contribution in [3.63, 3.8) is 0 Å². The monoisotopic (exact) mass is 459 g/mol. The normalized spacial score (nSPS) is 15.8. The second-order valence-corrected chi connectivity index (χ2v) is 9.20. The SMILES string of the molecule is Cc1cc(-c2nnc(SCC(=O)Nc3cccc([N+](=O)[O-])c3)n2CC2CCCO2)cs1. The van der Waals surface area contributed by atoms with Crippen LogP contribution in [0.2, 0.25) is 0 Å². The van der Waals surface area contributed by atoms with Crippen molar-refractivity contribution in [2.45, 2.75) is 37.6 Å². The van der Waals surface area contributed by atoms with Crippen LogP contribution in [0.15, 0.2) is 40.9 Å². The predicted octanol–water partition coefficient (Wildman–Crippen LogP) is 4.13. The summed E-state index contributed by atoms with van der Waals surface area (Å²) >= 11 is 2.93. The summed E-state index contributed by atoms with van der Waals surface area (Å²) in [4.78, 5) is 24.0. The Labute approximate surface area is 187 Å². The Morgan fingerprint density at radius 3 is 3.00 bits per heavy atom. The van der Waals surface area contributed by atoms with Crippen molar-refractivity contribution in [2.75, 3.05) is 17.7 Å². The molecule has 1 amide bonds. The summed E-state index contributed by atoms with van der Waals surface area (Å²) in [7, 11) is 0. The van der Waals surface area contributed by atoms with Gasteiger partial charge in [-0.1, -0.05) is 17.8 Å². The van der Waals surface area contributed by atoms with E-state index in [4.69, 9.17) is 4.74 Å². The molecule has 162 valence electrons. The molecule has 1 atom stereocenters. The molecule has 1 aliphatic heterocycles. The molecule has 1 fully saturated rings. The second-order valence-electron chi connectivity index (χ2n) is 7.14. The van der Waals surface area contributed by atoms with Crippen LogP contribution in [0, 0.1) is 17.0 Å². The van der Waals surface area contributed by atoms with Crippen molar-refractivity contribution in [3.05, 3.63) is 50.7 Å². The van der Waals surface area contributed by atoms with Gasteiger partial charge in [-0.15, -0.1) is 21.5 Å². The fourth-order valence-corrected chi connectivity index (χ4v) is 4.78. The number of carbonyl (C=O) groups excluding carboxylic acids is 1. The molecule has 1 aromatic carbocycles. The van der Waals surface area contributed by atoms with E-state index in [0.717, 1.165) is 30.8 Å². The van der Waals surface area contributed by atoms with Gasteiger partial charge < -0.3 is 10.1 Å². The highest BCUT2D eigenvalue weighted by molar-refractivity contribution is 7.99. The number of rotatable bonds is 8. The zero-order valence-corrected chi connectivity index (χ0v) is 18.4. The number of nitrogens with zero attached hydrogens (tertiary/aromatic N) is 4. The molecule has 1 saturated heterocycles. The number of thiophene rings is 1. The van der Waals surface area contributed by atoms with E-state index < -0.39 is 4.92 Å². The number of aryl methyl sites for hydroxylation is 1. The number of nitro groups is 1. The van der Waals surface area contributed by atoms with Crippen LogP contribution in [0.25, 0.3) is 11.4 Å². The van der Waals surface area contributed by atoms with Crippen molar-refractivity contribution >= 4 is 40.4 Å². The average molecular weight is 460 g/mol. The third-order valence-corrected chi connectivity index (χ3v) is 6.62. The van der Waals surface area contributed by atoms with Gasteiger partial charge in [0.1, 0.15) is 0 Å². The second kappa shape index (κ2) is 9.58. The van der Waals surface area contributed by atoms with E-state index >= 15 is 0 Å². The summed E-state index contributed by atoms with van der Waals surface area (Å²) in [6.45, 7) is 3.43. The molecule has 1 N–H and O–H groups in total. The number of benzene rings is 1. The maximum Gasteiger partial charge on any atom is 0.271 e. The van der Waals surface area contributed by atoms with E-state index in [2.05, 4.69) is 27.0 Å². The number of carbonyl (C=O) groups is 1. The first-order valence-electron chi connectivity index (χ1n) is 9.77. The molecule has 3 heterocycles. The Morgan fingerprint density at radius 1 is 1.42 bits per heavy atom. The van der Waals surface area contributed by atoms with Crippen LogP contribution in [0.5, 0.6) is 0 Å². The standard InChI is InChI=1S/C20H21N5O4S2/c1-13-8-14(11-30-13)19-22-23-20(24(19)10-17-6-3-7-29-17)31-12-18(26)21-15-4-2-5-16(9-15)25(27)28/h2,4-5,8-9,11,17H,3,6-7,10,12H2,1H3,(H,21,26). The fraction of sp³-hybridized carbons (Fsp3) is 0.350. The quantitative estimate of drug-likeness (QED) is 0.306. The molecule has 0 spiro atoms. The molecular weight excluding hydrogens is 438 g/mol. The van der Waals surface area contributed by atoms with Crippen LogP contribution in [0.4, 0.5) is 11.4 Å². The number of hydrogen-bond acceptors (Lipinski definition) is 8. The van der Waals surface area contributed by atoms with Gasteiger partial charge in [-0.2, -0.15) is 0 Å². The van der Waals surface area contributed by atoms with Gasteiger partial charge in [0.2, 0.25) is 5.91 Å². The maximum atomic E-state index is 12.4. The molecule has 2 aromatic heterocycles. The lowest BCUT2D eigenvalue weighted by Gasteiger charge is -2.14. The summed E-state index contributed by atoms with van der Waals surface area (Å²) < 4.78 is 7.81. The van der Waals surface area contributed by atoms with Crippen LogP contribution >= 0.6 is 23.1 Å². The van der Waals surface area contributed by atoms with Gasteiger partial charge in [-0.05, 0) is 31.9 Å². The molecule has 1 aliphatic rings. The first-order valence-corrected chi connectivity index (χ1v) is 11.6. The maximum absolute atomic E-state index is 12.4. The Balaban J connectivity index is 1.47.